The predicted molar refractivity (Wildman–Crippen MR) is 72.7 cm³/mol. The monoisotopic (exact) mass is 262 g/mol. The van der Waals surface area contributed by atoms with Gasteiger partial charge in [-0.15, -0.1) is 11.3 Å². The molecule has 0 unspecified atom stereocenters. The topological polar surface area (TPSA) is 43.2 Å². The molecule has 18 heavy (non-hydrogen) atoms. The van der Waals surface area contributed by atoms with Crippen LogP contribution in [0, 0.1) is 16.7 Å². The van der Waals surface area contributed by atoms with Crippen LogP contribution in [0.4, 0.5) is 5.13 Å². The van der Waals surface area contributed by atoms with Crippen molar-refractivity contribution in [2.24, 2.45) is 5.41 Å². The molecule has 0 radical (unpaired) electrons. The van der Waals surface area contributed by atoms with E-state index in [-0.39, 0.29) is 0 Å². The van der Waals surface area contributed by atoms with Crippen molar-refractivity contribution in [1.82, 2.24) is 9.88 Å². The minimum absolute atomic E-state index is 0.345. The summed E-state index contributed by atoms with van der Waals surface area (Å²) >= 11 is 1.72. The van der Waals surface area contributed by atoms with Gasteiger partial charge in [-0.25, -0.2) is 4.98 Å². The summed E-state index contributed by atoms with van der Waals surface area (Å²) in [4.78, 5) is 9.25. The molecule has 0 bridgehead atoms. The van der Waals surface area contributed by atoms with Crippen LogP contribution < -0.4 is 4.90 Å². The molecule has 0 amide bonds. The highest BCUT2D eigenvalue weighted by Gasteiger charge is 2.43. The predicted octanol–water partition coefficient (Wildman–Crippen LogP) is 1.96. The number of hydrogen-bond acceptors (Lipinski definition) is 5. The van der Waals surface area contributed by atoms with Gasteiger partial charge in [0.1, 0.15) is 0 Å². The van der Waals surface area contributed by atoms with E-state index in [0.29, 0.717) is 5.41 Å². The van der Waals surface area contributed by atoms with E-state index < -0.39 is 0 Å². The number of hydrogen-bond donors (Lipinski definition) is 0. The Morgan fingerprint density at radius 2 is 2.11 bits per heavy atom. The van der Waals surface area contributed by atoms with Crippen LogP contribution in [0.2, 0.25) is 0 Å². The van der Waals surface area contributed by atoms with Gasteiger partial charge in [0.15, 0.2) is 5.13 Å². The minimum Gasteiger partial charge on any atom is -0.346 e. The van der Waals surface area contributed by atoms with Crippen LogP contribution in [0.15, 0.2) is 11.6 Å². The van der Waals surface area contributed by atoms with Gasteiger partial charge in [-0.1, -0.05) is 0 Å². The molecule has 2 heterocycles. The SMILES string of the molecule is N#CCC1(CN2CCN(c3nccs3)CC2)CC1. The van der Waals surface area contributed by atoms with Crippen molar-refractivity contribution in [3.8, 4) is 6.07 Å². The first-order chi connectivity index (χ1) is 8.81. The molecule has 2 fully saturated rings. The lowest BCUT2D eigenvalue weighted by Crippen LogP contribution is -2.48. The fourth-order valence-corrected chi connectivity index (χ4v) is 3.38. The Labute approximate surface area is 112 Å². The van der Waals surface area contributed by atoms with E-state index in [2.05, 4.69) is 20.9 Å². The number of anilines is 1. The maximum Gasteiger partial charge on any atom is 0.185 e. The molecule has 4 nitrogen and oxygen atoms in total. The molecule has 0 N–H and O–H groups in total. The van der Waals surface area contributed by atoms with Gasteiger partial charge in [-0.2, -0.15) is 5.26 Å². The van der Waals surface area contributed by atoms with Gasteiger partial charge in [0, 0.05) is 50.7 Å². The zero-order valence-corrected chi connectivity index (χ0v) is 11.3. The number of rotatable bonds is 4. The van der Waals surface area contributed by atoms with Crippen LogP contribution in [0.1, 0.15) is 19.3 Å². The average molecular weight is 262 g/mol. The van der Waals surface area contributed by atoms with E-state index in [0.717, 1.165) is 44.3 Å². The van der Waals surface area contributed by atoms with Gasteiger partial charge in [0.25, 0.3) is 0 Å². The molecule has 1 aromatic rings. The Bertz CT molecular complexity index is 424. The fourth-order valence-electron chi connectivity index (χ4n) is 2.68. The minimum atomic E-state index is 0.345. The van der Waals surface area contributed by atoms with E-state index in [9.17, 15) is 0 Å². The van der Waals surface area contributed by atoms with Gasteiger partial charge >= 0.3 is 0 Å². The molecule has 1 aliphatic carbocycles. The van der Waals surface area contributed by atoms with Gasteiger partial charge in [-0.3, -0.25) is 4.90 Å². The molecule has 2 aliphatic rings. The molecule has 1 saturated heterocycles. The molecule has 96 valence electrons. The summed E-state index contributed by atoms with van der Waals surface area (Å²) in [5.74, 6) is 0. The summed E-state index contributed by atoms with van der Waals surface area (Å²) < 4.78 is 0. The van der Waals surface area contributed by atoms with Gasteiger partial charge in [-0.05, 0) is 18.3 Å². The van der Waals surface area contributed by atoms with Crippen molar-refractivity contribution < 1.29 is 0 Å². The standard InChI is InChI=1S/C13H18N4S/c14-4-3-13(1-2-13)11-16-6-8-17(9-7-16)12-15-5-10-18-12/h5,10H,1-3,6-9,11H2. The summed E-state index contributed by atoms with van der Waals surface area (Å²) in [6.45, 7) is 5.46. The van der Waals surface area contributed by atoms with Crippen molar-refractivity contribution in [2.75, 3.05) is 37.6 Å². The van der Waals surface area contributed by atoms with Crippen LogP contribution in [0.25, 0.3) is 0 Å². The second kappa shape index (κ2) is 4.87. The van der Waals surface area contributed by atoms with Crippen LogP contribution in [-0.2, 0) is 0 Å². The van der Waals surface area contributed by atoms with Crippen molar-refractivity contribution in [3.63, 3.8) is 0 Å². The number of nitrogens with zero attached hydrogens (tertiary/aromatic N) is 4. The van der Waals surface area contributed by atoms with Gasteiger partial charge in [0.05, 0.1) is 6.07 Å². The second-order valence-corrected chi connectivity index (χ2v) is 6.29. The maximum atomic E-state index is 8.85. The number of aromatic nitrogens is 1. The second-order valence-electron chi connectivity index (χ2n) is 5.41. The lowest BCUT2D eigenvalue weighted by molar-refractivity contribution is 0.209. The molecular formula is C13H18N4S. The van der Waals surface area contributed by atoms with Crippen LogP contribution >= 0.6 is 11.3 Å². The first-order valence-corrected chi connectivity index (χ1v) is 7.43. The summed E-state index contributed by atoms with van der Waals surface area (Å²) in [6.07, 6.45) is 5.10. The van der Waals surface area contributed by atoms with E-state index in [1.54, 1.807) is 11.3 Å². The molecule has 0 aromatic carbocycles. The third kappa shape index (κ3) is 2.50. The number of nitriles is 1. The molecule has 1 aromatic heterocycles. The Balaban J connectivity index is 1.50. The molecule has 1 saturated carbocycles. The highest BCUT2D eigenvalue weighted by molar-refractivity contribution is 7.13. The molecule has 0 spiro atoms. The lowest BCUT2D eigenvalue weighted by atomic mass is 10.0. The smallest absolute Gasteiger partial charge is 0.185 e. The largest absolute Gasteiger partial charge is 0.346 e. The fraction of sp³-hybridized carbons (Fsp3) is 0.692. The van der Waals surface area contributed by atoms with E-state index in [1.807, 2.05) is 11.6 Å². The quantitative estimate of drug-likeness (QED) is 0.832. The van der Waals surface area contributed by atoms with Crippen LogP contribution in [-0.4, -0.2) is 42.6 Å². The highest BCUT2D eigenvalue weighted by Crippen LogP contribution is 2.49. The molecular weight excluding hydrogens is 244 g/mol. The number of thiazole rings is 1. The highest BCUT2D eigenvalue weighted by atomic mass is 32.1. The normalized spacial score (nSPS) is 22.7. The van der Waals surface area contributed by atoms with E-state index in [4.69, 9.17) is 5.26 Å². The van der Waals surface area contributed by atoms with E-state index in [1.165, 1.54) is 12.8 Å². The summed E-state index contributed by atoms with van der Waals surface area (Å²) in [7, 11) is 0. The summed E-state index contributed by atoms with van der Waals surface area (Å²) in [6, 6.07) is 2.35. The zero-order chi connectivity index (χ0) is 12.4. The molecule has 3 rings (SSSR count). The zero-order valence-electron chi connectivity index (χ0n) is 10.5. The van der Waals surface area contributed by atoms with Crippen molar-refractivity contribution in [1.29, 1.82) is 5.26 Å². The molecule has 0 atom stereocenters. The Morgan fingerprint density at radius 3 is 2.67 bits per heavy atom. The van der Waals surface area contributed by atoms with Crippen LogP contribution in [0.5, 0.6) is 0 Å². The molecule has 5 heteroatoms. The van der Waals surface area contributed by atoms with Crippen molar-refractivity contribution in [2.45, 2.75) is 19.3 Å². The maximum absolute atomic E-state index is 8.85. The summed E-state index contributed by atoms with van der Waals surface area (Å²) in [5.41, 5.74) is 0.345. The third-order valence-corrected chi connectivity index (χ3v) is 4.86. The van der Waals surface area contributed by atoms with Crippen molar-refractivity contribution in [3.05, 3.63) is 11.6 Å². The molecule has 1 aliphatic heterocycles. The Kier molecular flexibility index (Phi) is 3.23. The van der Waals surface area contributed by atoms with Gasteiger partial charge < -0.3 is 4.90 Å². The van der Waals surface area contributed by atoms with Crippen molar-refractivity contribution >= 4 is 16.5 Å². The first-order valence-electron chi connectivity index (χ1n) is 6.55. The Morgan fingerprint density at radius 1 is 1.33 bits per heavy atom. The average Bonchev–Trinajstić information content (AvgIpc) is 2.94. The lowest BCUT2D eigenvalue weighted by Gasteiger charge is -2.36. The van der Waals surface area contributed by atoms with Crippen LogP contribution in [0.3, 0.4) is 0 Å². The summed E-state index contributed by atoms with van der Waals surface area (Å²) in [5, 5.41) is 12.0. The van der Waals surface area contributed by atoms with E-state index >= 15 is 0 Å². The number of piperazine rings is 1. The third-order valence-electron chi connectivity index (χ3n) is 4.03. The first kappa shape index (κ1) is 11.9. The Hall–Kier alpha value is -1.12. The van der Waals surface area contributed by atoms with Gasteiger partial charge in [0.2, 0.25) is 0 Å².